The molecular formula is C36H44N4O5. The summed E-state index contributed by atoms with van der Waals surface area (Å²) in [5.74, 6) is 0.302. The molecule has 45 heavy (non-hydrogen) atoms. The molecule has 1 saturated carbocycles. The van der Waals surface area contributed by atoms with Crippen LogP contribution in [0.3, 0.4) is 0 Å². The first-order valence-corrected chi connectivity index (χ1v) is 15.9. The molecule has 0 aliphatic heterocycles. The van der Waals surface area contributed by atoms with Crippen molar-refractivity contribution in [1.82, 2.24) is 14.3 Å². The number of amides is 1. The van der Waals surface area contributed by atoms with Gasteiger partial charge < -0.3 is 9.47 Å². The summed E-state index contributed by atoms with van der Waals surface area (Å²) < 4.78 is 14.3. The van der Waals surface area contributed by atoms with Crippen LogP contribution in [0.4, 0.5) is 10.6 Å². The van der Waals surface area contributed by atoms with Crippen LogP contribution in [0.15, 0.2) is 60.8 Å². The number of nitrogens with zero attached hydrogens (tertiary/aromatic N) is 4. The Balaban J connectivity index is 1.52. The molecule has 9 heteroatoms. The normalized spacial score (nSPS) is 17.0. The van der Waals surface area contributed by atoms with Crippen LogP contribution < -0.4 is 4.90 Å². The first kappa shape index (κ1) is 32.0. The Kier molecular flexibility index (Phi) is 9.18. The van der Waals surface area contributed by atoms with Crippen LogP contribution in [-0.4, -0.2) is 50.6 Å². The molecule has 5 rings (SSSR count). The summed E-state index contributed by atoms with van der Waals surface area (Å²) in [7, 11) is 0. The lowest BCUT2D eigenvalue weighted by molar-refractivity contribution is -0.124. The van der Waals surface area contributed by atoms with Gasteiger partial charge in [-0.15, -0.1) is 5.10 Å². The van der Waals surface area contributed by atoms with Crippen molar-refractivity contribution in [3.05, 3.63) is 66.4 Å². The number of carbonyl (C=O) groups is 3. The first-order valence-electron chi connectivity index (χ1n) is 15.9. The van der Waals surface area contributed by atoms with Gasteiger partial charge in [-0.3, -0.25) is 9.69 Å². The number of hydrogen-bond donors (Lipinski definition) is 0. The maximum absolute atomic E-state index is 13.9. The van der Waals surface area contributed by atoms with Gasteiger partial charge in [0.15, 0.2) is 5.82 Å². The SMILES string of the molecule is CCOC(=O)c1cn(-c2ccc(-c3cc4ccccc4n3C(=O)OC(C)(C)C)cc2)nc1N(C(=O)C1CCC(C)CC1)C(C)C. The van der Waals surface area contributed by atoms with Crippen LogP contribution in [0.1, 0.15) is 84.5 Å². The molecule has 1 aliphatic rings. The maximum Gasteiger partial charge on any atom is 0.419 e. The average Bonchev–Trinajstić information content (AvgIpc) is 3.59. The molecule has 0 atom stereocenters. The molecule has 0 spiro atoms. The van der Waals surface area contributed by atoms with Gasteiger partial charge in [-0.25, -0.2) is 18.8 Å². The number of ether oxygens (including phenoxy) is 2. The fourth-order valence-corrected chi connectivity index (χ4v) is 5.99. The molecule has 1 fully saturated rings. The number of fused-ring (bicyclic) bond motifs is 1. The number of anilines is 1. The highest BCUT2D eigenvalue weighted by Gasteiger charge is 2.34. The maximum atomic E-state index is 13.9. The van der Waals surface area contributed by atoms with Gasteiger partial charge in [0.25, 0.3) is 0 Å². The van der Waals surface area contributed by atoms with Crippen LogP contribution in [0, 0.1) is 11.8 Å². The largest absolute Gasteiger partial charge is 0.462 e. The molecule has 0 N–H and O–H groups in total. The lowest BCUT2D eigenvalue weighted by Gasteiger charge is -2.32. The Morgan fingerprint density at radius 1 is 1.00 bits per heavy atom. The van der Waals surface area contributed by atoms with Crippen LogP contribution in [-0.2, 0) is 14.3 Å². The second-order valence-corrected chi connectivity index (χ2v) is 13.2. The molecule has 2 heterocycles. The van der Waals surface area contributed by atoms with Crippen molar-refractivity contribution in [3.8, 4) is 16.9 Å². The van der Waals surface area contributed by atoms with Gasteiger partial charge in [-0.05, 0) is 103 Å². The van der Waals surface area contributed by atoms with Gasteiger partial charge >= 0.3 is 12.1 Å². The lowest BCUT2D eigenvalue weighted by Crippen LogP contribution is -2.43. The van der Waals surface area contributed by atoms with E-state index in [-0.39, 0.29) is 30.0 Å². The monoisotopic (exact) mass is 612 g/mol. The molecule has 0 radical (unpaired) electrons. The number of benzene rings is 2. The summed E-state index contributed by atoms with van der Waals surface area (Å²) in [4.78, 5) is 42.0. The minimum Gasteiger partial charge on any atom is -0.462 e. The van der Waals surface area contributed by atoms with Gasteiger partial charge in [-0.1, -0.05) is 37.3 Å². The highest BCUT2D eigenvalue weighted by Crippen LogP contribution is 2.34. The second-order valence-electron chi connectivity index (χ2n) is 13.2. The Bertz CT molecular complexity index is 1680. The number of rotatable bonds is 7. The van der Waals surface area contributed by atoms with E-state index in [4.69, 9.17) is 14.6 Å². The summed E-state index contributed by atoms with van der Waals surface area (Å²) in [6.07, 6.45) is 4.87. The third-order valence-corrected chi connectivity index (χ3v) is 8.25. The molecule has 1 amide bonds. The van der Waals surface area contributed by atoms with Crippen molar-refractivity contribution >= 4 is 34.7 Å². The summed E-state index contributed by atoms with van der Waals surface area (Å²) in [6.45, 7) is 13.6. The Morgan fingerprint density at radius 2 is 1.67 bits per heavy atom. The lowest BCUT2D eigenvalue weighted by atomic mass is 9.82. The number of carbonyl (C=O) groups excluding carboxylic acids is 3. The molecule has 1 aliphatic carbocycles. The molecule has 238 valence electrons. The van der Waals surface area contributed by atoms with Gasteiger partial charge in [-0.2, -0.15) is 0 Å². The van der Waals surface area contributed by atoms with Crippen molar-refractivity contribution in [3.63, 3.8) is 0 Å². The van der Waals surface area contributed by atoms with Gasteiger partial charge in [0.2, 0.25) is 5.91 Å². The van der Waals surface area contributed by atoms with E-state index in [1.165, 1.54) is 0 Å². The third-order valence-electron chi connectivity index (χ3n) is 8.25. The van der Waals surface area contributed by atoms with Crippen molar-refractivity contribution < 1.29 is 23.9 Å². The zero-order chi connectivity index (χ0) is 32.5. The van der Waals surface area contributed by atoms with E-state index in [1.54, 1.807) is 27.3 Å². The van der Waals surface area contributed by atoms with Gasteiger partial charge in [0, 0.05) is 23.5 Å². The number of aromatic nitrogens is 3. The Hall–Kier alpha value is -4.40. The van der Waals surface area contributed by atoms with Crippen molar-refractivity contribution in [2.45, 2.75) is 85.8 Å². The topological polar surface area (TPSA) is 95.7 Å². The molecule has 0 bridgehead atoms. The fraction of sp³-hybridized carbons (Fsp3) is 0.444. The summed E-state index contributed by atoms with van der Waals surface area (Å²) >= 11 is 0. The second kappa shape index (κ2) is 12.9. The van der Waals surface area contributed by atoms with Crippen LogP contribution in [0.25, 0.3) is 27.8 Å². The predicted molar refractivity (Wildman–Crippen MR) is 176 cm³/mol. The van der Waals surface area contributed by atoms with Crippen molar-refractivity contribution in [1.29, 1.82) is 0 Å². The molecule has 4 aromatic rings. The van der Waals surface area contributed by atoms with E-state index in [9.17, 15) is 14.4 Å². The minimum absolute atomic E-state index is 0.00184. The average molecular weight is 613 g/mol. The van der Waals surface area contributed by atoms with Gasteiger partial charge in [0.1, 0.15) is 11.2 Å². The first-order chi connectivity index (χ1) is 21.4. The van der Waals surface area contributed by atoms with Crippen LogP contribution >= 0.6 is 0 Å². The highest BCUT2D eigenvalue weighted by atomic mass is 16.6. The van der Waals surface area contributed by atoms with E-state index in [2.05, 4.69) is 6.92 Å². The smallest absolute Gasteiger partial charge is 0.419 e. The predicted octanol–water partition coefficient (Wildman–Crippen LogP) is 8.02. The van der Waals surface area contributed by atoms with E-state index in [0.29, 0.717) is 23.1 Å². The molecule has 2 aromatic heterocycles. The molecule has 0 unspecified atom stereocenters. The molecule has 0 saturated heterocycles. The fourth-order valence-electron chi connectivity index (χ4n) is 5.99. The zero-order valence-corrected chi connectivity index (χ0v) is 27.4. The zero-order valence-electron chi connectivity index (χ0n) is 27.4. The number of hydrogen-bond acceptors (Lipinski definition) is 6. The van der Waals surface area contributed by atoms with E-state index >= 15 is 0 Å². The number of esters is 1. The Morgan fingerprint density at radius 3 is 2.29 bits per heavy atom. The minimum atomic E-state index is -0.654. The van der Waals surface area contributed by atoms with Crippen LogP contribution in [0.5, 0.6) is 0 Å². The highest BCUT2D eigenvalue weighted by molar-refractivity contribution is 6.02. The quantitative estimate of drug-likeness (QED) is 0.196. The molecule has 9 nitrogen and oxygen atoms in total. The molecular weight excluding hydrogens is 568 g/mol. The standard InChI is InChI=1S/C36H44N4O5/c1-8-44-34(42)29-22-38(37-32(29)39(23(2)3)33(41)26-15-13-24(4)14-16-26)28-19-17-25(18-20-28)31-21-27-11-9-10-12-30(27)40(31)35(43)45-36(5,6)7/h9-12,17-24,26H,8,13-16H2,1-7H3. The number of para-hydroxylation sites is 1. The van der Waals surface area contributed by atoms with Crippen molar-refractivity contribution in [2.24, 2.45) is 11.8 Å². The van der Waals surface area contributed by atoms with E-state index < -0.39 is 17.7 Å². The van der Waals surface area contributed by atoms with Crippen molar-refractivity contribution in [2.75, 3.05) is 11.5 Å². The van der Waals surface area contributed by atoms with Gasteiger partial charge in [0.05, 0.1) is 23.5 Å². The Labute approximate surface area is 265 Å². The summed E-state index contributed by atoms with van der Waals surface area (Å²) in [6, 6.07) is 17.0. The van der Waals surface area contributed by atoms with E-state index in [1.807, 2.05) is 89.2 Å². The van der Waals surface area contributed by atoms with Crippen LogP contribution in [0.2, 0.25) is 0 Å². The third kappa shape index (κ3) is 6.82. The molecule has 2 aromatic carbocycles. The summed E-state index contributed by atoms with van der Waals surface area (Å²) in [5.41, 5.74) is 2.55. The van der Waals surface area contributed by atoms with E-state index in [0.717, 1.165) is 42.1 Å². The summed E-state index contributed by atoms with van der Waals surface area (Å²) in [5, 5.41) is 5.72.